The molecule has 2 aromatic carbocycles. The molecule has 0 saturated carbocycles. The molecule has 1 aliphatic rings. The fraction of sp³-hybridized carbons (Fsp3) is 0.250. The minimum Gasteiger partial charge on any atom is -0.422 e. The van der Waals surface area contributed by atoms with Gasteiger partial charge >= 0.3 is 5.63 Å². The summed E-state index contributed by atoms with van der Waals surface area (Å²) in [6.07, 6.45) is 0. The summed E-state index contributed by atoms with van der Waals surface area (Å²) < 4.78 is 5.35. The second-order valence-corrected chi connectivity index (χ2v) is 6.18. The van der Waals surface area contributed by atoms with Crippen LogP contribution in [0.4, 0.5) is 11.4 Å². The van der Waals surface area contributed by atoms with Crippen molar-refractivity contribution in [2.45, 2.75) is 6.61 Å². The second kappa shape index (κ2) is 6.61. The molecule has 1 aromatic heterocycles. The van der Waals surface area contributed by atoms with E-state index in [9.17, 15) is 9.90 Å². The SMILES string of the molecule is O=c1oc2ccccc2c(N2CCN(c3ccccc3)CC2)c1CO. The molecule has 0 amide bonds. The Balaban J connectivity index is 1.68. The summed E-state index contributed by atoms with van der Waals surface area (Å²) in [7, 11) is 0. The largest absolute Gasteiger partial charge is 0.422 e. The molecule has 0 atom stereocenters. The quantitative estimate of drug-likeness (QED) is 0.745. The van der Waals surface area contributed by atoms with E-state index >= 15 is 0 Å². The van der Waals surface area contributed by atoms with Gasteiger partial charge in [-0.2, -0.15) is 0 Å². The Morgan fingerprint density at radius 3 is 2.24 bits per heavy atom. The first-order valence-corrected chi connectivity index (χ1v) is 8.48. The van der Waals surface area contributed by atoms with Crippen LogP contribution in [0.1, 0.15) is 5.56 Å². The third kappa shape index (κ3) is 2.87. The number of piperazine rings is 1. The van der Waals surface area contributed by atoms with Gasteiger partial charge in [-0.15, -0.1) is 0 Å². The lowest BCUT2D eigenvalue weighted by atomic mass is 10.1. The van der Waals surface area contributed by atoms with E-state index in [2.05, 4.69) is 21.9 Å². The topological polar surface area (TPSA) is 56.9 Å². The summed E-state index contributed by atoms with van der Waals surface area (Å²) in [6.45, 7) is 2.99. The Morgan fingerprint density at radius 2 is 1.52 bits per heavy atom. The molecule has 0 radical (unpaired) electrons. The van der Waals surface area contributed by atoms with Crippen LogP contribution >= 0.6 is 0 Å². The third-order valence-electron chi connectivity index (χ3n) is 4.75. The van der Waals surface area contributed by atoms with E-state index < -0.39 is 5.63 Å². The smallest absolute Gasteiger partial charge is 0.343 e. The molecule has 0 aliphatic carbocycles. The number of hydrogen-bond donors (Lipinski definition) is 1. The number of nitrogens with zero attached hydrogens (tertiary/aromatic N) is 2. The first kappa shape index (κ1) is 15.7. The lowest BCUT2D eigenvalue weighted by molar-refractivity contribution is 0.276. The van der Waals surface area contributed by atoms with Crippen molar-refractivity contribution in [3.63, 3.8) is 0 Å². The minimum atomic E-state index is -0.457. The van der Waals surface area contributed by atoms with Crippen molar-refractivity contribution in [2.24, 2.45) is 0 Å². The predicted octanol–water partition coefficient (Wildman–Crippen LogP) is 2.61. The van der Waals surface area contributed by atoms with Crippen molar-refractivity contribution in [1.82, 2.24) is 0 Å². The maximum absolute atomic E-state index is 12.2. The van der Waals surface area contributed by atoms with Crippen LogP contribution < -0.4 is 15.4 Å². The van der Waals surface area contributed by atoms with Crippen LogP contribution in [0.3, 0.4) is 0 Å². The lowest BCUT2D eigenvalue weighted by Crippen LogP contribution is -2.47. The van der Waals surface area contributed by atoms with Gasteiger partial charge in [0.25, 0.3) is 0 Å². The molecule has 1 fully saturated rings. The van der Waals surface area contributed by atoms with E-state index in [1.54, 1.807) is 6.07 Å². The standard InChI is InChI=1S/C20H20N2O3/c23-14-17-19(16-8-4-5-9-18(16)25-20(17)24)22-12-10-21(11-13-22)15-6-2-1-3-7-15/h1-9,23H,10-14H2. The van der Waals surface area contributed by atoms with Crippen LogP contribution in [0.5, 0.6) is 0 Å². The number of benzene rings is 2. The summed E-state index contributed by atoms with van der Waals surface area (Å²) in [4.78, 5) is 16.8. The highest BCUT2D eigenvalue weighted by Gasteiger charge is 2.23. The summed E-state index contributed by atoms with van der Waals surface area (Å²) in [6, 6.07) is 17.8. The summed E-state index contributed by atoms with van der Waals surface area (Å²) in [5, 5.41) is 10.6. The van der Waals surface area contributed by atoms with E-state index in [4.69, 9.17) is 4.42 Å². The molecule has 1 N–H and O–H groups in total. The number of para-hydroxylation sites is 2. The Kier molecular flexibility index (Phi) is 4.15. The number of fused-ring (bicyclic) bond motifs is 1. The molecule has 0 unspecified atom stereocenters. The predicted molar refractivity (Wildman–Crippen MR) is 99.3 cm³/mol. The van der Waals surface area contributed by atoms with Crippen molar-refractivity contribution in [1.29, 1.82) is 0 Å². The van der Waals surface area contributed by atoms with E-state index in [0.29, 0.717) is 11.1 Å². The van der Waals surface area contributed by atoms with Crippen molar-refractivity contribution < 1.29 is 9.52 Å². The molecule has 128 valence electrons. The normalized spacial score (nSPS) is 14.9. The van der Waals surface area contributed by atoms with E-state index in [-0.39, 0.29) is 6.61 Å². The molecule has 2 heterocycles. The Morgan fingerprint density at radius 1 is 0.880 bits per heavy atom. The average Bonchev–Trinajstić information content (AvgIpc) is 2.68. The minimum absolute atomic E-state index is 0.318. The maximum Gasteiger partial charge on any atom is 0.343 e. The van der Waals surface area contributed by atoms with Crippen LogP contribution in [0.2, 0.25) is 0 Å². The fourth-order valence-corrected chi connectivity index (χ4v) is 3.50. The van der Waals surface area contributed by atoms with Gasteiger partial charge in [0.1, 0.15) is 5.58 Å². The molecule has 5 heteroatoms. The van der Waals surface area contributed by atoms with Gasteiger partial charge in [-0.1, -0.05) is 30.3 Å². The number of anilines is 2. The van der Waals surface area contributed by atoms with E-state index in [1.165, 1.54) is 5.69 Å². The van der Waals surface area contributed by atoms with Crippen molar-refractivity contribution in [3.8, 4) is 0 Å². The van der Waals surface area contributed by atoms with Gasteiger partial charge in [-0.3, -0.25) is 0 Å². The van der Waals surface area contributed by atoms with Crippen LogP contribution in [0, 0.1) is 0 Å². The van der Waals surface area contributed by atoms with E-state index in [0.717, 1.165) is 37.3 Å². The van der Waals surface area contributed by atoms with Crippen molar-refractivity contribution >= 4 is 22.3 Å². The molecular formula is C20H20N2O3. The summed E-state index contributed by atoms with van der Waals surface area (Å²) in [5.41, 5.74) is 2.46. The summed E-state index contributed by atoms with van der Waals surface area (Å²) in [5.74, 6) is 0. The highest BCUT2D eigenvalue weighted by Crippen LogP contribution is 2.30. The van der Waals surface area contributed by atoms with Gasteiger partial charge in [-0.25, -0.2) is 4.79 Å². The van der Waals surface area contributed by atoms with Gasteiger partial charge in [0.2, 0.25) is 0 Å². The number of aliphatic hydroxyl groups is 1. The lowest BCUT2D eigenvalue weighted by Gasteiger charge is -2.38. The first-order valence-electron chi connectivity index (χ1n) is 8.48. The van der Waals surface area contributed by atoms with Gasteiger partial charge in [-0.05, 0) is 24.3 Å². The van der Waals surface area contributed by atoms with Gasteiger partial charge < -0.3 is 19.3 Å². The van der Waals surface area contributed by atoms with E-state index in [1.807, 2.05) is 36.4 Å². The number of rotatable bonds is 3. The van der Waals surface area contributed by atoms with Crippen LogP contribution in [-0.2, 0) is 6.61 Å². The Bertz CT molecular complexity index is 929. The fourth-order valence-electron chi connectivity index (χ4n) is 3.50. The Hall–Kier alpha value is -2.79. The molecule has 0 bridgehead atoms. The van der Waals surface area contributed by atoms with Crippen LogP contribution in [-0.4, -0.2) is 31.3 Å². The zero-order chi connectivity index (χ0) is 17.2. The average molecular weight is 336 g/mol. The van der Waals surface area contributed by atoms with Gasteiger partial charge in [0.15, 0.2) is 0 Å². The molecule has 4 rings (SSSR count). The Labute approximate surface area is 145 Å². The summed E-state index contributed by atoms with van der Waals surface area (Å²) >= 11 is 0. The molecule has 5 nitrogen and oxygen atoms in total. The van der Waals surface area contributed by atoms with Crippen LogP contribution in [0.25, 0.3) is 11.0 Å². The van der Waals surface area contributed by atoms with Gasteiger partial charge in [0, 0.05) is 37.3 Å². The molecule has 25 heavy (non-hydrogen) atoms. The molecular weight excluding hydrogens is 316 g/mol. The highest BCUT2D eigenvalue weighted by atomic mass is 16.4. The zero-order valence-corrected chi connectivity index (χ0v) is 13.9. The molecule has 3 aromatic rings. The molecule has 1 aliphatic heterocycles. The first-order chi connectivity index (χ1) is 12.3. The van der Waals surface area contributed by atoms with Crippen molar-refractivity contribution in [2.75, 3.05) is 36.0 Å². The second-order valence-electron chi connectivity index (χ2n) is 6.18. The zero-order valence-electron chi connectivity index (χ0n) is 13.9. The van der Waals surface area contributed by atoms with Crippen LogP contribution in [0.15, 0.2) is 63.8 Å². The third-order valence-corrected chi connectivity index (χ3v) is 4.75. The maximum atomic E-state index is 12.2. The molecule has 0 spiro atoms. The molecule has 1 saturated heterocycles. The highest BCUT2D eigenvalue weighted by molar-refractivity contribution is 5.92. The number of aliphatic hydroxyl groups excluding tert-OH is 1. The number of hydrogen-bond acceptors (Lipinski definition) is 5. The van der Waals surface area contributed by atoms with Crippen molar-refractivity contribution in [3.05, 3.63) is 70.6 Å². The van der Waals surface area contributed by atoms with Gasteiger partial charge in [0.05, 0.1) is 17.9 Å². The monoisotopic (exact) mass is 336 g/mol.